The van der Waals surface area contributed by atoms with Crippen LogP contribution in [0.3, 0.4) is 0 Å². The molecular formula is C27H32N2O3S. The molecule has 0 spiro atoms. The van der Waals surface area contributed by atoms with Crippen molar-refractivity contribution in [2.24, 2.45) is 5.92 Å². The van der Waals surface area contributed by atoms with E-state index in [9.17, 15) is 8.42 Å². The molecule has 174 valence electrons. The van der Waals surface area contributed by atoms with E-state index in [-0.39, 0.29) is 0 Å². The van der Waals surface area contributed by atoms with Crippen LogP contribution >= 0.6 is 0 Å². The molecule has 3 aromatic carbocycles. The Morgan fingerprint density at radius 2 is 1.67 bits per heavy atom. The zero-order chi connectivity index (χ0) is 23.4. The summed E-state index contributed by atoms with van der Waals surface area (Å²) < 4.78 is 32.7. The number of hydrogen-bond acceptors (Lipinski definition) is 4. The van der Waals surface area contributed by atoms with Crippen molar-refractivity contribution in [3.05, 3.63) is 83.9 Å². The number of ether oxygens (including phenoxy) is 1. The van der Waals surface area contributed by atoms with Gasteiger partial charge in [-0.3, -0.25) is 4.31 Å². The SMILES string of the molecule is CN(C)CCC1Cc2ccc(OCc3ccc(-c4ccccc4)cc3)cc2N(S(C)(=O)=O)C1. The van der Waals surface area contributed by atoms with Crippen molar-refractivity contribution >= 4 is 15.7 Å². The minimum absolute atomic E-state index is 0.310. The highest BCUT2D eigenvalue weighted by Gasteiger charge is 2.30. The highest BCUT2D eigenvalue weighted by atomic mass is 32.2. The van der Waals surface area contributed by atoms with Crippen LogP contribution in [0.4, 0.5) is 5.69 Å². The molecule has 0 saturated carbocycles. The third kappa shape index (κ3) is 5.95. The monoisotopic (exact) mass is 464 g/mol. The van der Waals surface area contributed by atoms with Gasteiger partial charge in [-0.1, -0.05) is 60.7 Å². The molecule has 1 unspecified atom stereocenters. The van der Waals surface area contributed by atoms with E-state index in [0.29, 0.717) is 24.8 Å². The number of sulfonamides is 1. The van der Waals surface area contributed by atoms with Crippen molar-refractivity contribution in [1.82, 2.24) is 4.90 Å². The Morgan fingerprint density at radius 3 is 2.33 bits per heavy atom. The number of rotatable bonds is 8. The van der Waals surface area contributed by atoms with Gasteiger partial charge in [-0.2, -0.15) is 0 Å². The second-order valence-corrected chi connectivity index (χ2v) is 11.0. The molecular weight excluding hydrogens is 432 g/mol. The van der Waals surface area contributed by atoms with Crippen molar-refractivity contribution in [3.8, 4) is 16.9 Å². The lowest BCUT2D eigenvalue weighted by Gasteiger charge is -2.35. The van der Waals surface area contributed by atoms with Gasteiger partial charge in [0, 0.05) is 12.6 Å². The number of benzene rings is 3. The second-order valence-electron chi connectivity index (χ2n) is 9.10. The predicted octanol–water partition coefficient (Wildman–Crippen LogP) is 4.82. The van der Waals surface area contributed by atoms with Gasteiger partial charge in [0.2, 0.25) is 10.0 Å². The maximum Gasteiger partial charge on any atom is 0.232 e. The molecule has 5 nitrogen and oxygen atoms in total. The van der Waals surface area contributed by atoms with Gasteiger partial charge in [-0.15, -0.1) is 0 Å². The lowest BCUT2D eigenvalue weighted by Crippen LogP contribution is -2.40. The summed E-state index contributed by atoms with van der Waals surface area (Å²) >= 11 is 0. The summed E-state index contributed by atoms with van der Waals surface area (Å²) in [6.07, 6.45) is 3.14. The Labute approximate surface area is 197 Å². The van der Waals surface area contributed by atoms with E-state index in [1.54, 1.807) is 4.31 Å². The fraction of sp³-hybridized carbons (Fsp3) is 0.333. The van der Waals surface area contributed by atoms with Crippen molar-refractivity contribution in [2.45, 2.75) is 19.4 Å². The third-order valence-electron chi connectivity index (χ3n) is 6.11. The van der Waals surface area contributed by atoms with Crippen LogP contribution in [0.1, 0.15) is 17.5 Å². The van der Waals surface area contributed by atoms with E-state index in [4.69, 9.17) is 4.74 Å². The van der Waals surface area contributed by atoms with Crippen LogP contribution in [0.2, 0.25) is 0 Å². The topological polar surface area (TPSA) is 49.9 Å². The highest BCUT2D eigenvalue weighted by molar-refractivity contribution is 7.92. The summed E-state index contributed by atoms with van der Waals surface area (Å²) in [7, 11) is 0.730. The fourth-order valence-electron chi connectivity index (χ4n) is 4.29. The van der Waals surface area contributed by atoms with Crippen LogP contribution < -0.4 is 9.04 Å². The van der Waals surface area contributed by atoms with Crippen molar-refractivity contribution in [2.75, 3.05) is 37.7 Å². The van der Waals surface area contributed by atoms with Crippen molar-refractivity contribution in [3.63, 3.8) is 0 Å². The summed E-state index contributed by atoms with van der Waals surface area (Å²) in [5.41, 5.74) is 5.23. The Hall–Kier alpha value is -2.83. The smallest absolute Gasteiger partial charge is 0.232 e. The van der Waals surface area contributed by atoms with Crippen LogP contribution in [0, 0.1) is 5.92 Å². The van der Waals surface area contributed by atoms with Crippen LogP contribution in [0.5, 0.6) is 5.75 Å². The van der Waals surface area contributed by atoms with Gasteiger partial charge < -0.3 is 9.64 Å². The molecule has 0 aromatic heterocycles. The molecule has 1 aliphatic heterocycles. The molecule has 0 bridgehead atoms. The molecule has 6 heteroatoms. The molecule has 1 atom stereocenters. The quantitative estimate of drug-likeness (QED) is 0.479. The van der Waals surface area contributed by atoms with Gasteiger partial charge in [-0.05, 0) is 67.7 Å². The number of nitrogens with zero attached hydrogens (tertiary/aromatic N) is 2. The van der Waals surface area contributed by atoms with Gasteiger partial charge in [0.1, 0.15) is 12.4 Å². The Kier molecular flexibility index (Phi) is 7.05. The van der Waals surface area contributed by atoms with Crippen molar-refractivity contribution in [1.29, 1.82) is 0 Å². The standard InChI is InChI=1S/C27H32N2O3S/c1-28(2)16-15-22-17-25-13-14-26(18-27(25)29(19-22)33(3,30)31)32-20-21-9-11-24(12-10-21)23-7-5-4-6-8-23/h4-14,18,22H,15-17,19-20H2,1-3H3. The molecule has 1 aliphatic rings. The second kappa shape index (κ2) is 9.98. The first-order chi connectivity index (χ1) is 15.8. The molecule has 0 aliphatic carbocycles. The van der Waals surface area contributed by atoms with E-state index >= 15 is 0 Å². The first kappa shape index (κ1) is 23.3. The minimum Gasteiger partial charge on any atom is -0.489 e. The molecule has 4 rings (SSSR count). The molecule has 0 saturated heterocycles. The molecule has 33 heavy (non-hydrogen) atoms. The summed E-state index contributed by atoms with van der Waals surface area (Å²) in [5.74, 6) is 0.991. The first-order valence-electron chi connectivity index (χ1n) is 11.3. The molecule has 3 aromatic rings. The molecule has 0 amide bonds. The van der Waals surface area contributed by atoms with Gasteiger partial charge >= 0.3 is 0 Å². The van der Waals surface area contributed by atoms with E-state index in [2.05, 4.69) is 41.3 Å². The Bertz CT molecular complexity index is 1180. The molecule has 0 N–H and O–H groups in total. The van der Waals surface area contributed by atoms with E-state index in [1.807, 2.05) is 50.5 Å². The average molecular weight is 465 g/mol. The fourth-order valence-corrected chi connectivity index (χ4v) is 5.29. The van der Waals surface area contributed by atoms with Gasteiger partial charge in [0.15, 0.2) is 0 Å². The van der Waals surface area contributed by atoms with Crippen LogP contribution in [-0.4, -0.2) is 46.8 Å². The molecule has 0 radical (unpaired) electrons. The highest BCUT2D eigenvalue weighted by Crippen LogP contribution is 2.35. The minimum atomic E-state index is -3.36. The molecule has 1 heterocycles. The predicted molar refractivity (Wildman–Crippen MR) is 135 cm³/mol. The summed E-state index contributed by atoms with van der Waals surface area (Å²) in [5, 5.41) is 0. The van der Waals surface area contributed by atoms with Gasteiger partial charge in [-0.25, -0.2) is 8.42 Å². The largest absolute Gasteiger partial charge is 0.489 e. The molecule has 0 fully saturated rings. The summed E-state index contributed by atoms with van der Waals surface area (Å²) in [6.45, 7) is 1.89. The summed E-state index contributed by atoms with van der Waals surface area (Å²) in [6, 6.07) is 24.4. The number of fused-ring (bicyclic) bond motifs is 1. The van der Waals surface area contributed by atoms with Gasteiger partial charge in [0.05, 0.1) is 11.9 Å². The average Bonchev–Trinajstić information content (AvgIpc) is 2.81. The Balaban J connectivity index is 1.47. The van der Waals surface area contributed by atoms with E-state index in [1.165, 1.54) is 17.4 Å². The third-order valence-corrected chi connectivity index (χ3v) is 7.26. The maximum absolute atomic E-state index is 12.5. The van der Waals surface area contributed by atoms with Crippen molar-refractivity contribution < 1.29 is 13.2 Å². The van der Waals surface area contributed by atoms with Crippen LogP contribution in [0.25, 0.3) is 11.1 Å². The number of anilines is 1. The van der Waals surface area contributed by atoms with Crippen LogP contribution in [0.15, 0.2) is 72.8 Å². The number of hydrogen-bond donors (Lipinski definition) is 0. The zero-order valence-corrected chi connectivity index (χ0v) is 20.4. The lowest BCUT2D eigenvalue weighted by molar-refractivity contribution is 0.306. The Morgan fingerprint density at radius 1 is 0.970 bits per heavy atom. The van der Waals surface area contributed by atoms with Crippen LogP contribution in [-0.2, 0) is 23.1 Å². The van der Waals surface area contributed by atoms with Gasteiger partial charge in [0.25, 0.3) is 0 Å². The lowest BCUT2D eigenvalue weighted by atomic mass is 9.91. The normalized spacial score (nSPS) is 16.0. The van der Waals surface area contributed by atoms with E-state index < -0.39 is 10.0 Å². The van der Waals surface area contributed by atoms with E-state index in [0.717, 1.165) is 36.2 Å². The maximum atomic E-state index is 12.5. The zero-order valence-electron chi connectivity index (χ0n) is 19.6. The summed E-state index contributed by atoms with van der Waals surface area (Å²) in [4.78, 5) is 2.14. The first-order valence-corrected chi connectivity index (χ1v) is 13.2.